The Morgan fingerprint density at radius 3 is 2.49 bits per heavy atom. The number of methoxy groups -OCH3 is 1. The van der Waals surface area contributed by atoms with Crippen molar-refractivity contribution in [3.63, 3.8) is 0 Å². The smallest absolute Gasteiger partial charge is 0.326 e. The van der Waals surface area contributed by atoms with E-state index in [-0.39, 0.29) is 28.2 Å². The van der Waals surface area contributed by atoms with E-state index in [0.29, 0.717) is 17.1 Å². The number of thiocarbonyl (C=S) groups is 1. The van der Waals surface area contributed by atoms with Crippen molar-refractivity contribution in [3.8, 4) is 11.5 Å². The molecule has 2 N–H and O–H groups in total. The highest BCUT2D eigenvalue weighted by Crippen LogP contribution is 2.36. The van der Waals surface area contributed by atoms with Crippen LogP contribution in [0.15, 0.2) is 23.1 Å². The largest absolute Gasteiger partial charge is 0.493 e. The van der Waals surface area contributed by atoms with Gasteiger partial charge in [-0.2, -0.15) is 0 Å². The average molecular weight is 524 g/mol. The van der Waals surface area contributed by atoms with Crippen LogP contribution in [0.2, 0.25) is 0 Å². The molecule has 1 saturated heterocycles. The fraction of sp³-hybridized carbons (Fsp3) is 0.520. The molecule has 0 aliphatic carbocycles. The van der Waals surface area contributed by atoms with Gasteiger partial charge in [0.15, 0.2) is 11.5 Å². The minimum absolute atomic E-state index is 0.0337. The van der Waals surface area contributed by atoms with Crippen LogP contribution < -0.4 is 9.47 Å². The molecular weight excluding hydrogens is 490 g/mol. The monoisotopic (exact) mass is 523 g/mol. The summed E-state index contributed by atoms with van der Waals surface area (Å²) in [5.74, 6) is -1.87. The van der Waals surface area contributed by atoms with Crippen molar-refractivity contribution < 1.29 is 34.1 Å². The summed E-state index contributed by atoms with van der Waals surface area (Å²) in [6, 6.07) is 3.98. The molecule has 2 atom stereocenters. The molecule has 35 heavy (non-hydrogen) atoms. The second-order valence-corrected chi connectivity index (χ2v) is 10.1. The number of unbranched alkanes of at least 4 members (excludes halogenated alkanes) is 4. The maximum absolute atomic E-state index is 12.9. The van der Waals surface area contributed by atoms with Gasteiger partial charge in [0.1, 0.15) is 10.4 Å². The Labute approximate surface area is 215 Å². The van der Waals surface area contributed by atoms with Crippen LogP contribution in [0.1, 0.15) is 70.8 Å². The first-order chi connectivity index (χ1) is 16.7. The second-order valence-electron chi connectivity index (χ2n) is 8.38. The number of hydrogen-bond acceptors (Lipinski definition) is 7. The topological polar surface area (TPSA) is 113 Å². The second kappa shape index (κ2) is 14.1. The van der Waals surface area contributed by atoms with Crippen LogP contribution in [0.25, 0.3) is 6.08 Å². The van der Waals surface area contributed by atoms with Gasteiger partial charge in [-0.05, 0) is 50.0 Å². The van der Waals surface area contributed by atoms with Gasteiger partial charge in [0.25, 0.3) is 5.91 Å². The fourth-order valence-electron chi connectivity index (χ4n) is 3.71. The van der Waals surface area contributed by atoms with Crippen LogP contribution in [-0.4, -0.2) is 56.5 Å². The Hall–Kier alpha value is -2.59. The van der Waals surface area contributed by atoms with E-state index in [1.54, 1.807) is 31.4 Å². The van der Waals surface area contributed by atoms with Gasteiger partial charge in [-0.25, -0.2) is 4.79 Å². The number of carboxylic acids is 2. The van der Waals surface area contributed by atoms with E-state index in [4.69, 9.17) is 26.8 Å². The zero-order chi connectivity index (χ0) is 26.0. The third kappa shape index (κ3) is 8.54. The van der Waals surface area contributed by atoms with E-state index in [2.05, 4.69) is 6.92 Å². The lowest BCUT2D eigenvalue weighted by atomic mass is 10.1. The van der Waals surface area contributed by atoms with Crippen molar-refractivity contribution in [1.29, 1.82) is 0 Å². The molecule has 1 fully saturated rings. The number of rotatable bonds is 15. The molecule has 10 heteroatoms. The van der Waals surface area contributed by atoms with E-state index < -0.39 is 23.9 Å². The molecule has 0 spiro atoms. The van der Waals surface area contributed by atoms with Crippen molar-refractivity contribution >= 4 is 52.2 Å². The van der Waals surface area contributed by atoms with Gasteiger partial charge >= 0.3 is 11.9 Å². The number of carboxylic acid groups (broad SMARTS) is 2. The molecular formula is C25H33NO7S2. The molecule has 0 aromatic heterocycles. The highest BCUT2D eigenvalue weighted by molar-refractivity contribution is 8.26. The van der Waals surface area contributed by atoms with E-state index in [0.717, 1.165) is 29.5 Å². The van der Waals surface area contributed by atoms with E-state index in [9.17, 15) is 19.5 Å². The molecule has 2 rings (SSSR count). The SMILES string of the molecule is CCCCCCC[C@@H](C)Oc1ccc(/C=C2/SC(=S)N([C@@H](CCC(=O)O)C(=O)O)C2=O)cc1OC. The van der Waals surface area contributed by atoms with Gasteiger partial charge in [0, 0.05) is 6.42 Å². The third-order valence-corrected chi connectivity index (χ3v) is 6.91. The van der Waals surface area contributed by atoms with Gasteiger partial charge in [-0.3, -0.25) is 14.5 Å². The molecule has 1 aliphatic rings. The lowest BCUT2D eigenvalue weighted by Crippen LogP contribution is -2.44. The fourth-order valence-corrected chi connectivity index (χ4v) is 5.06. The van der Waals surface area contributed by atoms with E-state index >= 15 is 0 Å². The summed E-state index contributed by atoms with van der Waals surface area (Å²) in [7, 11) is 1.54. The molecule has 8 nitrogen and oxygen atoms in total. The third-order valence-electron chi connectivity index (χ3n) is 5.58. The molecule has 0 unspecified atom stereocenters. The normalized spacial score (nSPS) is 16.4. The molecule has 1 aromatic rings. The van der Waals surface area contributed by atoms with Gasteiger partial charge in [-0.1, -0.05) is 62.7 Å². The Morgan fingerprint density at radius 2 is 1.86 bits per heavy atom. The number of aliphatic carboxylic acids is 2. The van der Waals surface area contributed by atoms with Crippen LogP contribution in [-0.2, 0) is 14.4 Å². The van der Waals surface area contributed by atoms with Gasteiger partial charge in [0.05, 0.1) is 18.1 Å². The minimum atomic E-state index is -1.33. The van der Waals surface area contributed by atoms with Crippen molar-refractivity contribution in [2.24, 2.45) is 0 Å². The van der Waals surface area contributed by atoms with Crippen LogP contribution in [0.3, 0.4) is 0 Å². The summed E-state index contributed by atoms with van der Waals surface area (Å²) in [6.07, 6.45) is 7.97. The first-order valence-corrected chi connectivity index (χ1v) is 13.0. The number of carbonyl (C=O) groups excluding carboxylic acids is 1. The lowest BCUT2D eigenvalue weighted by Gasteiger charge is -2.22. The number of thioether (sulfide) groups is 1. The van der Waals surface area contributed by atoms with Gasteiger partial charge in [-0.15, -0.1) is 0 Å². The first-order valence-electron chi connectivity index (χ1n) is 11.7. The van der Waals surface area contributed by atoms with Crippen molar-refractivity contribution in [1.82, 2.24) is 4.90 Å². The molecule has 0 saturated carbocycles. The number of nitrogens with zero attached hydrogens (tertiary/aromatic N) is 1. The number of carbonyl (C=O) groups is 3. The molecule has 192 valence electrons. The predicted molar refractivity (Wildman–Crippen MR) is 140 cm³/mol. The highest BCUT2D eigenvalue weighted by Gasteiger charge is 2.40. The molecule has 1 heterocycles. The highest BCUT2D eigenvalue weighted by atomic mass is 32.2. The van der Waals surface area contributed by atoms with E-state index in [1.807, 2.05) is 6.92 Å². The zero-order valence-electron chi connectivity index (χ0n) is 20.3. The van der Waals surface area contributed by atoms with Crippen molar-refractivity contribution in [2.75, 3.05) is 7.11 Å². The minimum Gasteiger partial charge on any atom is -0.493 e. The number of benzene rings is 1. The Kier molecular flexibility index (Phi) is 11.5. The number of hydrogen-bond donors (Lipinski definition) is 2. The van der Waals surface area contributed by atoms with Crippen LogP contribution in [0, 0.1) is 0 Å². The number of ether oxygens (including phenoxy) is 2. The van der Waals surface area contributed by atoms with Crippen molar-refractivity contribution in [3.05, 3.63) is 28.7 Å². The van der Waals surface area contributed by atoms with E-state index in [1.165, 1.54) is 25.7 Å². The molecule has 1 aromatic carbocycles. The Balaban J connectivity index is 2.11. The molecule has 0 bridgehead atoms. The zero-order valence-corrected chi connectivity index (χ0v) is 22.0. The number of amides is 1. The summed E-state index contributed by atoms with van der Waals surface area (Å²) in [5, 5.41) is 18.4. The van der Waals surface area contributed by atoms with Crippen LogP contribution in [0.4, 0.5) is 0 Å². The van der Waals surface area contributed by atoms with Gasteiger partial charge < -0.3 is 19.7 Å². The van der Waals surface area contributed by atoms with Crippen LogP contribution >= 0.6 is 24.0 Å². The summed E-state index contributed by atoms with van der Waals surface area (Å²) >= 11 is 6.22. The summed E-state index contributed by atoms with van der Waals surface area (Å²) in [6.45, 7) is 4.22. The van der Waals surface area contributed by atoms with Crippen LogP contribution in [0.5, 0.6) is 11.5 Å². The maximum Gasteiger partial charge on any atom is 0.326 e. The maximum atomic E-state index is 12.9. The Morgan fingerprint density at radius 1 is 1.14 bits per heavy atom. The van der Waals surface area contributed by atoms with Gasteiger partial charge in [0.2, 0.25) is 0 Å². The van der Waals surface area contributed by atoms with Crippen molar-refractivity contribution in [2.45, 2.75) is 77.4 Å². The first kappa shape index (κ1) is 28.6. The Bertz CT molecular complexity index is 963. The molecule has 1 amide bonds. The molecule has 1 aliphatic heterocycles. The summed E-state index contributed by atoms with van der Waals surface area (Å²) in [5.41, 5.74) is 0.666. The molecule has 0 radical (unpaired) electrons. The lowest BCUT2D eigenvalue weighted by molar-refractivity contribution is -0.146. The standard InChI is InChI=1S/C25H33NO7S2/c1-4-5-6-7-8-9-16(2)33-19-12-10-17(14-20(19)32-3)15-21-23(29)26(25(34)35-21)18(24(30)31)11-13-22(27)28/h10,12,14-16,18H,4-9,11,13H2,1-3H3,(H,27,28)(H,30,31)/b21-15+/t16-,18+/m1/s1. The summed E-state index contributed by atoms with van der Waals surface area (Å²) < 4.78 is 11.6. The summed E-state index contributed by atoms with van der Waals surface area (Å²) in [4.78, 5) is 36.7. The average Bonchev–Trinajstić information content (AvgIpc) is 3.07. The predicted octanol–water partition coefficient (Wildman–Crippen LogP) is 5.34. The quantitative estimate of drug-likeness (QED) is 0.179.